The van der Waals surface area contributed by atoms with Crippen LogP contribution in [-0.2, 0) is 9.53 Å². The maximum atomic E-state index is 14.0. The second-order valence-electron chi connectivity index (χ2n) is 10.9. The van der Waals surface area contributed by atoms with Crippen LogP contribution in [0.4, 0.5) is 154 Å². The van der Waals surface area contributed by atoms with Gasteiger partial charge in [-0.2, -0.15) is 154 Å². The van der Waals surface area contributed by atoms with E-state index in [-0.39, 0.29) is 0 Å². The van der Waals surface area contributed by atoms with Crippen LogP contribution in [0, 0.1) is 0 Å². The fraction of sp³-hybridized carbons (Fsp3) is 0.864. The molecule has 59 heavy (non-hydrogen) atoms. The summed E-state index contributed by atoms with van der Waals surface area (Å²) in [6, 6.07) is 0. The van der Waals surface area contributed by atoms with Gasteiger partial charge in [0.1, 0.15) is 5.57 Å². The van der Waals surface area contributed by atoms with Crippen molar-refractivity contribution >= 4 is 5.97 Å². The van der Waals surface area contributed by atoms with E-state index in [0.29, 0.717) is 6.92 Å². The standard InChI is InChI=1S/C22H7F35O2/c1-3-59-5(58)4(2)6(23,24)7(25,26)8(27,28)9(29,30)10(31,32)11(33,34)12(35,36)13(37,38)14(39,40)15(41,42)16(43,44)17(45,46)18(47,48)19(49,50)20(51,52)21(53,54)22(55,56)57/h2-3H2,1H3. The van der Waals surface area contributed by atoms with Crippen LogP contribution >= 0.6 is 0 Å². The van der Waals surface area contributed by atoms with Gasteiger partial charge < -0.3 is 4.74 Å². The largest absolute Gasteiger partial charge is 0.462 e. The molecule has 0 saturated heterocycles. The Bertz CT molecular complexity index is 1580. The lowest BCUT2D eigenvalue weighted by Gasteiger charge is -2.47. The summed E-state index contributed by atoms with van der Waals surface area (Å²) in [5.41, 5.74) is -3.59. The van der Waals surface area contributed by atoms with Crippen molar-refractivity contribution in [2.45, 2.75) is 108 Å². The number of halogens is 35. The number of hydrogen-bond acceptors (Lipinski definition) is 2. The number of carbonyl (C=O) groups is 1. The molecule has 0 rings (SSSR count). The van der Waals surface area contributed by atoms with Crippen LogP contribution in [0.2, 0.25) is 0 Å². The number of hydrogen-bond donors (Lipinski definition) is 0. The summed E-state index contributed by atoms with van der Waals surface area (Å²) >= 11 is 0. The van der Waals surface area contributed by atoms with E-state index in [1.807, 2.05) is 0 Å². The Balaban J connectivity index is 7.84. The van der Waals surface area contributed by atoms with Crippen LogP contribution in [0.5, 0.6) is 0 Å². The number of rotatable bonds is 18. The van der Waals surface area contributed by atoms with Gasteiger partial charge in [0.05, 0.1) is 6.61 Å². The normalized spacial score (nSPS) is 16.7. The topological polar surface area (TPSA) is 26.3 Å². The third-order valence-corrected chi connectivity index (χ3v) is 7.17. The van der Waals surface area contributed by atoms with Gasteiger partial charge in [0.15, 0.2) is 0 Å². The third kappa shape index (κ3) is 6.45. The molecular formula is C22H7F35O2. The molecule has 0 fully saturated rings. The predicted molar refractivity (Wildman–Crippen MR) is 111 cm³/mol. The quantitative estimate of drug-likeness (QED) is 0.0777. The van der Waals surface area contributed by atoms with Crippen molar-refractivity contribution < 1.29 is 163 Å². The second-order valence-corrected chi connectivity index (χ2v) is 10.9. The average Bonchev–Trinajstić information content (AvgIpc) is 3.02. The van der Waals surface area contributed by atoms with Gasteiger partial charge in [-0.25, -0.2) is 4.79 Å². The van der Waals surface area contributed by atoms with Gasteiger partial charge in [-0.1, -0.05) is 6.58 Å². The van der Waals surface area contributed by atoms with Crippen molar-refractivity contribution in [3.8, 4) is 0 Å². The average molecular weight is 968 g/mol. The fourth-order valence-corrected chi connectivity index (χ4v) is 3.47. The SMILES string of the molecule is C=C(C(=O)OCC)C(F)(F)C(F)(F)C(F)(F)C(F)(F)C(F)(F)C(F)(F)C(F)(F)C(F)(F)C(F)(F)C(F)(F)C(F)(F)C(F)(F)C(F)(F)C(F)(F)C(F)(F)C(F)(F)C(F)(F)F. The summed E-state index contributed by atoms with van der Waals surface area (Å²) in [5, 5.41) is 0. The first-order valence-electron chi connectivity index (χ1n) is 12.9. The van der Waals surface area contributed by atoms with Crippen molar-refractivity contribution in [3.63, 3.8) is 0 Å². The van der Waals surface area contributed by atoms with Gasteiger partial charge in [-0.3, -0.25) is 0 Å². The minimum absolute atomic E-state index is 0.524. The molecule has 0 aliphatic rings. The van der Waals surface area contributed by atoms with Crippen molar-refractivity contribution in [1.82, 2.24) is 0 Å². The van der Waals surface area contributed by atoms with Crippen molar-refractivity contribution in [2.75, 3.05) is 6.61 Å². The molecule has 2 nitrogen and oxygen atoms in total. The zero-order valence-corrected chi connectivity index (χ0v) is 26.0. The second kappa shape index (κ2) is 13.9. The van der Waals surface area contributed by atoms with Crippen molar-refractivity contribution in [1.29, 1.82) is 0 Å². The van der Waals surface area contributed by atoms with E-state index in [1.165, 1.54) is 6.58 Å². The van der Waals surface area contributed by atoms with E-state index < -0.39 is 119 Å². The number of esters is 1. The smallest absolute Gasteiger partial charge is 0.460 e. The highest BCUT2D eigenvalue weighted by atomic mass is 19.4. The third-order valence-electron chi connectivity index (χ3n) is 7.17. The minimum atomic E-state index is -10.4. The Kier molecular flexibility index (Phi) is 13.1. The molecule has 0 heterocycles. The summed E-state index contributed by atoms with van der Waals surface area (Å²) in [5.74, 6) is -159. The Hall–Kier alpha value is -3.24. The molecule has 0 bridgehead atoms. The Morgan fingerprint density at radius 3 is 0.627 bits per heavy atom. The first-order valence-corrected chi connectivity index (χ1v) is 12.9. The molecule has 0 aliphatic heterocycles. The molecule has 0 unspecified atom stereocenters. The van der Waals surface area contributed by atoms with Crippen LogP contribution in [0.1, 0.15) is 6.92 Å². The summed E-state index contributed by atoms with van der Waals surface area (Å²) in [7, 11) is 0. The highest BCUT2D eigenvalue weighted by Gasteiger charge is 3.02. The lowest BCUT2D eigenvalue weighted by molar-refractivity contribution is -0.492. The van der Waals surface area contributed by atoms with Crippen molar-refractivity contribution in [3.05, 3.63) is 12.2 Å². The van der Waals surface area contributed by atoms with E-state index in [4.69, 9.17) is 0 Å². The summed E-state index contributed by atoms with van der Waals surface area (Å²) in [4.78, 5) is 11.1. The molecule has 37 heteroatoms. The molecule has 0 N–H and O–H groups in total. The molecule has 0 aromatic carbocycles. The van der Waals surface area contributed by atoms with E-state index in [2.05, 4.69) is 4.74 Å². The van der Waals surface area contributed by atoms with Gasteiger partial charge >= 0.3 is 107 Å². The molecule has 0 aliphatic carbocycles. The Morgan fingerprint density at radius 2 is 0.475 bits per heavy atom. The Morgan fingerprint density at radius 1 is 0.322 bits per heavy atom. The van der Waals surface area contributed by atoms with E-state index in [9.17, 15) is 158 Å². The monoisotopic (exact) mass is 968 g/mol. The highest BCUT2D eigenvalue weighted by molar-refractivity contribution is 5.90. The summed E-state index contributed by atoms with van der Waals surface area (Å²) in [6.45, 7) is 0.744. The number of ether oxygens (including phenoxy) is 1. The van der Waals surface area contributed by atoms with Gasteiger partial charge in [0.25, 0.3) is 0 Å². The van der Waals surface area contributed by atoms with Gasteiger partial charge in [0.2, 0.25) is 0 Å². The Labute approximate surface area is 297 Å². The first kappa shape index (κ1) is 55.8. The highest BCUT2D eigenvalue weighted by Crippen LogP contribution is 2.70. The van der Waals surface area contributed by atoms with Crippen LogP contribution < -0.4 is 0 Å². The number of carbonyl (C=O) groups excluding carboxylic acids is 1. The maximum absolute atomic E-state index is 14.0. The van der Waals surface area contributed by atoms with Gasteiger partial charge in [0, 0.05) is 0 Å². The molecule has 0 aromatic heterocycles. The summed E-state index contributed by atoms with van der Waals surface area (Å²) < 4.78 is 481. The van der Waals surface area contributed by atoms with Gasteiger partial charge in [-0.05, 0) is 6.92 Å². The molecule has 0 amide bonds. The molecule has 0 atom stereocenters. The van der Waals surface area contributed by atoms with Crippen LogP contribution in [-0.4, -0.2) is 114 Å². The molecule has 0 spiro atoms. The summed E-state index contributed by atoms with van der Waals surface area (Å²) in [6.07, 6.45) is -8.44. The van der Waals surface area contributed by atoms with E-state index >= 15 is 0 Å². The lowest BCUT2D eigenvalue weighted by Crippen LogP contribution is -2.80. The predicted octanol–water partition coefficient (Wildman–Crippen LogP) is 11.8. The number of alkyl halides is 35. The fourth-order valence-electron chi connectivity index (χ4n) is 3.47. The molecule has 0 saturated carbocycles. The minimum Gasteiger partial charge on any atom is -0.462 e. The molecule has 0 radical (unpaired) electrons. The lowest BCUT2D eigenvalue weighted by atomic mass is 9.82. The van der Waals surface area contributed by atoms with Gasteiger partial charge in [-0.15, -0.1) is 0 Å². The molecule has 0 aromatic rings. The van der Waals surface area contributed by atoms with Crippen LogP contribution in [0.3, 0.4) is 0 Å². The van der Waals surface area contributed by atoms with Crippen molar-refractivity contribution in [2.24, 2.45) is 0 Å². The van der Waals surface area contributed by atoms with Crippen LogP contribution in [0.25, 0.3) is 0 Å². The maximum Gasteiger partial charge on any atom is 0.460 e. The van der Waals surface area contributed by atoms with E-state index in [1.54, 1.807) is 0 Å². The first-order chi connectivity index (χ1) is 24.9. The zero-order chi connectivity index (χ0) is 49.1. The van der Waals surface area contributed by atoms with Crippen LogP contribution in [0.15, 0.2) is 12.2 Å². The molecular weight excluding hydrogens is 961 g/mol. The van der Waals surface area contributed by atoms with E-state index in [0.717, 1.165) is 0 Å². The zero-order valence-electron chi connectivity index (χ0n) is 26.0. The molecule has 352 valence electrons.